The summed E-state index contributed by atoms with van der Waals surface area (Å²) in [7, 11) is 3.09. The molecule has 0 heterocycles. The van der Waals surface area contributed by atoms with Gasteiger partial charge in [-0.2, -0.15) is 0 Å². The van der Waals surface area contributed by atoms with Gasteiger partial charge in [0.25, 0.3) is 0 Å². The first kappa shape index (κ1) is 13.7. The molecule has 0 saturated carbocycles. The molecule has 0 fully saturated rings. The second-order valence-electron chi connectivity index (χ2n) is 4.04. The summed E-state index contributed by atoms with van der Waals surface area (Å²) in [6.45, 7) is 0. The SMILES string of the molecule is COc1cc(Cl)c(C(O)c2ccccc2)cc1OC. The summed E-state index contributed by atoms with van der Waals surface area (Å²) in [6, 6.07) is 12.7. The maximum absolute atomic E-state index is 10.4. The van der Waals surface area contributed by atoms with Crippen LogP contribution >= 0.6 is 11.6 Å². The predicted octanol–water partition coefficient (Wildman–Crippen LogP) is 3.44. The van der Waals surface area contributed by atoms with Crippen molar-refractivity contribution in [3.63, 3.8) is 0 Å². The molecule has 0 aliphatic rings. The smallest absolute Gasteiger partial charge is 0.162 e. The molecule has 4 heteroatoms. The zero-order valence-electron chi connectivity index (χ0n) is 10.8. The minimum atomic E-state index is -0.798. The number of hydrogen-bond donors (Lipinski definition) is 1. The molecule has 0 spiro atoms. The standard InChI is InChI=1S/C15H15ClO3/c1-18-13-8-11(12(16)9-14(13)19-2)15(17)10-6-4-3-5-7-10/h3-9,15,17H,1-2H3. The average Bonchev–Trinajstić information content (AvgIpc) is 2.47. The highest BCUT2D eigenvalue weighted by molar-refractivity contribution is 6.31. The molecule has 0 aliphatic heterocycles. The average molecular weight is 279 g/mol. The highest BCUT2D eigenvalue weighted by atomic mass is 35.5. The van der Waals surface area contributed by atoms with Crippen LogP contribution in [0.2, 0.25) is 5.02 Å². The fourth-order valence-corrected chi connectivity index (χ4v) is 2.15. The van der Waals surface area contributed by atoms with Crippen LogP contribution in [0.1, 0.15) is 17.2 Å². The molecule has 0 amide bonds. The molecule has 2 aromatic rings. The van der Waals surface area contributed by atoms with E-state index in [1.165, 1.54) is 0 Å². The Morgan fingerprint density at radius 1 is 1.00 bits per heavy atom. The van der Waals surface area contributed by atoms with Crippen molar-refractivity contribution >= 4 is 11.6 Å². The first-order valence-corrected chi connectivity index (χ1v) is 6.19. The minimum Gasteiger partial charge on any atom is -0.493 e. The molecule has 0 radical (unpaired) electrons. The minimum absolute atomic E-state index is 0.439. The van der Waals surface area contributed by atoms with Gasteiger partial charge in [-0.05, 0) is 11.6 Å². The molecule has 0 bridgehead atoms. The van der Waals surface area contributed by atoms with Gasteiger partial charge >= 0.3 is 0 Å². The van der Waals surface area contributed by atoms with Gasteiger partial charge in [-0.25, -0.2) is 0 Å². The van der Waals surface area contributed by atoms with E-state index in [-0.39, 0.29) is 0 Å². The van der Waals surface area contributed by atoms with E-state index in [9.17, 15) is 5.11 Å². The number of hydrogen-bond acceptors (Lipinski definition) is 3. The van der Waals surface area contributed by atoms with E-state index >= 15 is 0 Å². The summed E-state index contributed by atoms with van der Waals surface area (Å²) in [5, 5.41) is 10.8. The molecule has 0 aromatic heterocycles. The normalized spacial score (nSPS) is 12.0. The molecule has 3 nitrogen and oxygen atoms in total. The van der Waals surface area contributed by atoms with Gasteiger partial charge in [0.05, 0.1) is 19.2 Å². The lowest BCUT2D eigenvalue weighted by molar-refractivity contribution is 0.219. The van der Waals surface area contributed by atoms with Gasteiger partial charge in [-0.15, -0.1) is 0 Å². The Kier molecular flexibility index (Phi) is 4.30. The van der Waals surface area contributed by atoms with Gasteiger partial charge in [-0.1, -0.05) is 41.9 Å². The van der Waals surface area contributed by atoms with Crippen molar-refractivity contribution in [2.75, 3.05) is 14.2 Å². The van der Waals surface area contributed by atoms with Crippen molar-refractivity contribution in [1.29, 1.82) is 0 Å². The van der Waals surface area contributed by atoms with Gasteiger partial charge in [-0.3, -0.25) is 0 Å². The largest absolute Gasteiger partial charge is 0.493 e. The Morgan fingerprint density at radius 3 is 2.16 bits per heavy atom. The molecule has 2 rings (SSSR count). The van der Waals surface area contributed by atoms with E-state index in [0.29, 0.717) is 22.1 Å². The van der Waals surface area contributed by atoms with Crippen LogP contribution < -0.4 is 9.47 Å². The predicted molar refractivity (Wildman–Crippen MR) is 75.1 cm³/mol. The number of ether oxygens (including phenoxy) is 2. The van der Waals surface area contributed by atoms with E-state index in [1.54, 1.807) is 26.4 Å². The van der Waals surface area contributed by atoms with E-state index in [4.69, 9.17) is 21.1 Å². The summed E-state index contributed by atoms with van der Waals surface area (Å²) < 4.78 is 10.4. The van der Waals surface area contributed by atoms with Crippen LogP contribution in [0.25, 0.3) is 0 Å². The van der Waals surface area contributed by atoms with Crippen LogP contribution in [0.15, 0.2) is 42.5 Å². The lowest BCUT2D eigenvalue weighted by atomic mass is 10.0. The Hall–Kier alpha value is -1.71. The summed E-state index contributed by atoms with van der Waals surface area (Å²) in [5.74, 6) is 1.08. The van der Waals surface area contributed by atoms with Crippen molar-refractivity contribution in [1.82, 2.24) is 0 Å². The van der Waals surface area contributed by atoms with Crippen LogP contribution in [0.5, 0.6) is 11.5 Å². The fraction of sp³-hybridized carbons (Fsp3) is 0.200. The lowest BCUT2D eigenvalue weighted by Gasteiger charge is -2.16. The van der Waals surface area contributed by atoms with Gasteiger partial charge in [0.1, 0.15) is 6.10 Å². The summed E-state index contributed by atoms with van der Waals surface area (Å²) in [5.41, 5.74) is 1.36. The molecule has 100 valence electrons. The number of aliphatic hydroxyl groups excluding tert-OH is 1. The van der Waals surface area contributed by atoms with Crippen molar-refractivity contribution in [3.05, 3.63) is 58.6 Å². The van der Waals surface area contributed by atoms with Gasteiger partial charge in [0, 0.05) is 11.6 Å². The Balaban J connectivity index is 2.45. The van der Waals surface area contributed by atoms with Crippen LogP contribution in [0, 0.1) is 0 Å². The molecule has 0 aliphatic carbocycles. The molecular formula is C15H15ClO3. The highest BCUT2D eigenvalue weighted by Gasteiger charge is 2.17. The van der Waals surface area contributed by atoms with Gasteiger partial charge in [0.2, 0.25) is 0 Å². The van der Waals surface area contributed by atoms with E-state index in [0.717, 1.165) is 5.56 Å². The number of rotatable bonds is 4. The summed E-state index contributed by atoms with van der Waals surface area (Å²) in [4.78, 5) is 0. The maximum atomic E-state index is 10.4. The zero-order chi connectivity index (χ0) is 13.8. The van der Waals surface area contributed by atoms with Crippen molar-refractivity contribution in [3.8, 4) is 11.5 Å². The Labute approximate surface area is 117 Å². The van der Waals surface area contributed by atoms with E-state index in [2.05, 4.69) is 0 Å². The van der Waals surface area contributed by atoms with E-state index in [1.807, 2.05) is 30.3 Å². The van der Waals surface area contributed by atoms with Crippen molar-refractivity contribution in [2.45, 2.75) is 6.10 Å². The van der Waals surface area contributed by atoms with Gasteiger partial charge in [0.15, 0.2) is 11.5 Å². The monoisotopic (exact) mass is 278 g/mol. The third-order valence-electron chi connectivity index (χ3n) is 2.91. The topological polar surface area (TPSA) is 38.7 Å². The number of halogens is 1. The lowest BCUT2D eigenvalue weighted by Crippen LogP contribution is -2.02. The van der Waals surface area contributed by atoms with Crippen LogP contribution in [0.4, 0.5) is 0 Å². The quantitative estimate of drug-likeness (QED) is 0.931. The molecular weight excluding hydrogens is 264 g/mol. The summed E-state index contributed by atoms with van der Waals surface area (Å²) in [6.07, 6.45) is -0.798. The molecule has 1 unspecified atom stereocenters. The van der Waals surface area contributed by atoms with Crippen molar-refractivity contribution < 1.29 is 14.6 Å². The second kappa shape index (κ2) is 5.95. The Morgan fingerprint density at radius 2 is 1.58 bits per heavy atom. The Bertz CT molecular complexity index is 555. The third-order valence-corrected chi connectivity index (χ3v) is 3.24. The number of benzene rings is 2. The molecule has 19 heavy (non-hydrogen) atoms. The molecule has 1 atom stereocenters. The van der Waals surface area contributed by atoms with Crippen molar-refractivity contribution in [2.24, 2.45) is 0 Å². The second-order valence-corrected chi connectivity index (χ2v) is 4.45. The highest BCUT2D eigenvalue weighted by Crippen LogP contribution is 2.37. The first-order valence-electron chi connectivity index (χ1n) is 5.81. The molecule has 0 saturated heterocycles. The van der Waals surface area contributed by atoms with Crippen LogP contribution in [-0.4, -0.2) is 19.3 Å². The molecule has 2 aromatic carbocycles. The fourth-order valence-electron chi connectivity index (χ4n) is 1.89. The third kappa shape index (κ3) is 2.83. The first-order chi connectivity index (χ1) is 9.17. The van der Waals surface area contributed by atoms with E-state index < -0.39 is 6.10 Å². The maximum Gasteiger partial charge on any atom is 0.162 e. The zero-order valence-corrected chi connectivity index (χ0v) is 11.5. The summed E-state index contributed by atoms with van der Waals surface area (Å²) >= 11 is 6.19. The number of aliphatic hydroxyl groups is 1. The van der Waals surface area contributed by atoms with Crippen LogP contribution in [0.3, 0.4) is 0 Å². The molecule has 1 N–H and O–H groups in total. The van der Waals surface area contributed by atoms with Gasteiger partial charge < -0.3 is 14.6 Å². The van der Waals surface area contributed by atoms with Crippen LogP contribution in [-0.2, 0) is 0 Å². The number of methoxy groups -OCH3 is 2.